The molecule has 1 aliphatic carbocycles. The van der Waals surface area contributed by atoms with Crippen molar-refractivity contribution in [1.82, 2.24) is 5.32 Å². The lowest BCUT2D eigenvalue weighted by Crippen LogP contribution is -2.41. The third-order valence-electron chi connectivity index (χ3n) is 4.44. The van der Waals surface area contributed by atoms with Crippen molar-refractivity contribution in [3.05, 3.63) is 29.8 Å². The zero-order valence-corrected chi connectivity index (χ0v) is 13.7. The number of carbonyl (C=O) groups excluding carboxylic acids is 2. The molecule has 0 saturated heterocycles. The van der Waals surface area contributed by atoms with Gasteiger partial charge in [0.2, 0.25) is 5.91 Å². The molecule has 23 heavy (non-hydrogen) atoms. The van der Waals surface area contributed by atoms with E-state index in [-0.39, 0.29) is 30.4 Å². The average molecular weight is 318 g/mol. The molecule has 1 aromatic carbocycles. The summed E-state index contributed by atoms with van der Waals surface area (Å²) in [4.78, 5) is 23.9. The Bertz CT molecular complexity index is 545. The lowest BCUT2D eigenvalue weighted by Gasteiger charge is -2.24. The highest BCUT2D eigenvalue weighted by Gasteiger charge is 2.25. The van der Waals surface area contributed by atoms with Crippen LogP contribution in [0.5, 0.6) is 0 Å². The molecule has 2 rings (SSSR count). The van der Waals surface area contributed by atoms with Crippen molar-refractivity contribution in [3.63, 3.8) is 0 Å². The summed E-state index contributed by atoms with van der Waals surface area (Å²) in [5.74, 6) is -0.0981. The van der Waals surface area contributed by atoms with Gasteiger partial charge < -0.3 is 15.7 Å². The van der Waals surface area contributed by atoms with E-state index in [0.29, 0.717) is 17.7 Å². The van der Waals surface area contributed by atoms with Gasteiger partial charge in [0.15, 0.2) is 0 Å². The van der Waals surface area contributed by atoms with Crippen LogP contribution < -0.4 is 10.6 Å². The summed E-state index contributed by atoms with van der Waals surface area (Å²) in [6.07, 6.45) is 5.60. The molecular weight excluding hydrogens is 292 g/mol. The summed E-state index contributed by atoms with van der Waals surface area (Å²) >= 11 is 0. The summed E-state index contributed by atoms with van der Waals surface area (Å²) in [5.41, 5.74) is 1.16. The molecule has 0 spiro atoms. The highest BCUT2D eigenvalue weighted by molar-refractivity contribution is 5.97. The van der Waals surface area contributed by atoms with Gasteiger partial charge in [-0.1, -0.05) is 32.3 Å². The van der Waals surface area contributed by atoms with Crippen molar-refractivity contribution in [2.45, 2.75) is 51.5 Å². The van der Waals surface area contributed by atoms with Gasteiger partial charge >= 0.3 is 0 Å². The number of aliphatic hydroxyl groups is 1. The van der Waals surface area contributed by atoms with Crippen molar-refractivity contribution >= 4 is 17.5 Å². The molecular formula is C18H26N2O3. The number of hydrogen-bond acceptors (Lipinski definition) is 3. The van der Waals surface area contributed by atoms with E-state index in [1.807, 2.05) is 0 Å². The van der Waals surface area contributed by atoms with Gasteiger partial charge in [-0.2, -0.15) is 0 Å². The fourth-order valence-corrected chi connectivity index (χ4v) is 3.03. The van der Waals surface area contributed by atoms with Crippen LogP contribution in [0, 0.1) is 5.92 Å². The first-order chi connectivity index (χ1) is 11.1. The number of benzene rings is 1. The first-order valence-corrected chi connectivity index (χ1v) is 8.45. The second kappa shape index (κ2) is 8.67. The molecule has 5 nitrogen and oxygen atoms in total. The maximum atomic E-state index is 12.5. The quantitative estimate of drug-likeness (QED) is 0.730. The summed E-state index contributed by atoms with van der Waals surface area (Å²) in [7, 11) is 0. The van der Waals surface area contributed by atoms with Crippen molar-refractivity contribution in [3.8, 4) is 0 Å². The van der Waals surface area contributed by atoms with E-state index in [4.69, 9.17) is 0 Å². The molecule has 126 valence electrons. The fraction of sp³-hybridized carbons (Fsp3) is 0.556. The Morgan fingerprint density at radius 3 is 2.74 bits per heavy atom. The molecule has 0 aromatic heterocycles. The molecule has 1 fully saturated rings. The number of carbonyl (C=O) groups is 2. The van der Waals surface area contributed by atoms with Gasteiger partial charge in [0.25, 0.3) is 5.91 Å². The van der Waals surface area contributed by atoms with Gasteiger partial charge in [-0.3, -0.25) is 9.59 Å². The third kappa shape index (κ3) is 5.06. The number of aliphatic hydroxyl groups excluding tert-OH is 1. The van der Waals surface area contributed by atoms with Gasteiger partial charge in [-0.15, -0.1) is 0 Å². The Morgan fingerprint density at radius 1 is 1.22 bits per heavy atom. The molecule has 1 aliphatic rings. The van der Waals surface area contributed by atoms with Gasteiger partial charge in [-0.25, -0.2) is 0 Å². The van der Waals surface area contributed by atoms with Gasteiger partial charge in [0.05, 0.1) is 0 Å². The maximum Gasteiger partial charge on any atom is 0.251 e. The van der Waals surface area contributed by atoms with Crippen LogP contribution in [-0.2, 0) is 4.79 Å². The standard InChI is InChI=1S/C18H26N2O3/c1-2-17(22)19-15-9-6-8-13(11-15)18(23)20-16-10-5-3-4-7-14(16)12-21/h6,8-9,11,14,16,21H,2-5,7,10,12H2,1H3,(H,19,22)(H,20,23). The molecule has 5 heteroatoms. The minimum Gasteiger partial charge on any atom is -0.396 e. The van der Waals surface area contributed by atoms with Crippen molar-refractivity contribution in [1.29, 1.82) is 0 Å². The molecule has 2 unspecified atom stereocenters. The van der Waals surface area contributed by atoms with Crippen LogP contribution in [0.2, 0.25) is 0 Å². The number of rotatable bonds is 5. The van der Waals surface area contributed by atoms with E-state index in [1.54, 1.807) is 31.2 Å². The molecule has 2 amide bonds. The summed E-state index contributed by atoms with van der Waals surface area (Å²) in [5, 5.41) is 15.4. The van der Waals surface area contributed by atoms with Crippen molar-refractivity contribution in [2.24, 2.45) is 5.92 Å². The maximum absolute atomic E-state index is 12.5. The molecule has 0 bridgehead atoms. The van der Waals surface area contributed by atoms with Crippen LogP contribution >= 0.6 is 0 Å². The Kier molecular flexibility index (Phi) is 6.59. The average Bonchev–Trinajstić information content (AvgIpc) is 2.79. The van der Waals surface area contributed by atoms with Crippen molar-refractivity contribution < 1.29 is 14.7 Å². The monoisotopic (exact) mass is 318 g/mol. The predicted octanol–water partition coefficient (Wildman–Crippen LogP) is 2.71. The Hall–Kier alpha value is -1.88. The minimum absolute atomic E-state index is 0.0175. The topological polar surface area (TPSA) is 78.4 Å². The highest BCUT2D eigenvalue weighted by Crippen LogP contribution is 2.23. The zero-order chi connectivity index (χ0) is 16.7. The van der Waals surface area contributed by atoms with Crippen LogP contribution in [-0.4, -0.2) is 29.6 Å². The van der Waals surface area contributed by atoms with Crippen LogP contribution in [0.15, 0.2) is 24.3 Å². The second-order valence-electron chi connectivity index (χ2n) is 6.14. The summed E-state index contributed by atoms with van der Waals surface area (Å²) < 4.78 is 0. The lowest BCUT2D eigenvalue weighted by molar-refractivity contribution is -0.115. The molecule has 1 aromatic rings. The van der Waals surface area contributed by atoms with Crippen LogP contribution in [0.4, 0.5) is 5.69 Å². The molecule has 0 heterocycles. The third-order valence-corrected chi connectivity index (χ3v) is 4.44. The molecule has 1 saturated carbocycles. The fourth-order valence-electron chi connectivity index (χ4n) is 3.03. The van der Waals surface area contributed by atoms with E-state index in [2.05, 4.69) is 10.6 Å². The zero-order valence-electron chi connectivity index (χ0n) is 13.7. The van der Waals surface area contributed by atoms with E-state index >= 15 is 0 Å². The van der Waals surface area contributed by atoms with E-state index in [1.165, 1.54) is 0 Å². The van der Waals surface area contributed by atoms with Gasteiger partial charge in [-0.05, 0) is 31.0 Å². The molecule has 0 aliphatic heterocycles. The second-order valence-corrected chi connectivity index (χ2v) is 6.14. The summed E-state index contributed by atoms with van der Waals surface area (Å²) in [6, 6.07) is 6.97. The number of anilines is 1. The minimum atomic E-state index is -0.150. The number of nitrogens with one attached hydrogen (secondary N) is 2. The largest absolute Gasteiger partial charge is 0.396 e. The first kappa shape index (κ1) is 17.5. The van der Waals surface area contributed by atoms with E-state index in [9.17, 15) is 14.7 Å². The normalized spacial score (nSPS) is 21.3. The van der Waals surface area contributed by atoms with Gasteiger partial charge in [0, 0.05) is 36.2 Å². The molecule has 3 N–H and O–H groups in total. The van der Waals surface area contributed by atoms with Crippen LogP contribution in [0.1, 0.15) is 55.8 Å². The van der Waals surface area contributed by atoms with E-state index in [0.717, 1.165) is 32.1 Å². The Balaban J connectivity index is 2.04. The Morgan fingerprint density at radius 2 is 2.00 bits per heavy atom. The van der Waals surface area contributed by atoms with Crippen LogP contribution in [0.25, 0.3) is 0 Å². The molecule has 0 radical (unpaired) electrons. The smallest absolute Gasteiger partial charge is 0.251 e. The highest BCUT2D eigenvalue weighted by atomic mass is 16.3. The molecule has 2 atom stereocenters. The van der Waals surface area contributed by atoms with Gasteiger partial charge in [0.1, 0.15) is 0 Å². The summed E-state index contributed by atoms with van der Waals surface area (Å²) in [6.45, 7) is 1.89. The van der Waals surface area contributed by atoms with Crippen molar-refractivity contribution in [2.75, 3.05) is 11.9 Å². The Labute approximate surface area is 137 Å². The van der Waals surface area contributed by atoms with Crippen LogP contribution in [0.3, 0.4) is 0 Å². The lowest BCUT2D eigenvalue weighted by atomic mass is 9.95. The predicted molar refractivity (Wildman–Crippen MR) is 90.3 cm³/mol. The van der Waals surface area contributed by atoms with E-state index < -0.39 is 0 Å². The SMILES string of the molecule is CCC(=O)Nc1cccc(C(=O)NC2CCCCCC2CO)c1. The number of hydrogen-bond donors (Lipinski definition) is 3. The first-order valence-electron chi connectivity index (χ1n) is 8.45. The number of amides is 2.